The second-order valence-electron chi connectivity index (χ2n) is 3.52. The summed E-state index contributed by atoms with van der Waals surface area (Å²) in [6, 6.07) is 1.67. The Bertz CT molecular complexity index is 589. The molecule has 0 bridgehead atoms. The lowest BCUT2D eigenvalue weighted by atomic mass is 10.2. The first kappa shape index (κ1) is 10.2. The van der Waals surface area contributed by atoms with Crippen molar-refractivity contribution in [2.45, 2.75) is 12.3 Å². The lowest BCUT2D eigenvalue weighted by Gasteiger charge is -2.20. The van der Waals surface area contributed by atoms with E-state index < -0.39 is 5.91 Å². The topological polar surface area (TPSA) is 96.9 Å². The Morgan fingerprint density at radius 2 is 2.47 bits per heavy atom. The lowest BCUT2D eigenvalue weighted by Crippen LogP contribution is -2.42. The molecule has 2 aromatic rings. The molecule has 8 nitrogen and oxygen atoms in total. The first-order valence-electron chi connectivity index (χ1n) is 4.71. The average Bonchev–Trinajstić information content (AvgIpc) is 2.88. The highest BCUT2D eigenvalue weighted by Crippen LogP contribution is 2.21. The minimum atomic E-state index is -1.59. The lowest BCUT2D eigenvalue weighted by molar-refractivity contribution is -0.151. The predicted molar refractivity (Wildman–Crippen MR) is 57.2 cm³/mol. The van der Waals surface area contributed by atoms with Crippen LogP contribution < -0.4 is 5.43 Å². The van der Waals surface area contributed by atoms with Crippen molar-refractivity contribution < 1.29 is 9.84 Å². The number of hydrogen-bond donors (Lipinski definition) is 2. The molecule has 0 spiro atoms. The fraction of sp³-hybridized carbons (Fsp3) is 0.250. The van der Waals surface area contributed by atoms with Gasteiger partial charge in [0.25, 0.3) is 0 Å². The zero-order valence-corrected chi connectivity index (χ0v) is 9.16. The summed E-state index contributed by atoms with van der Waals surface area (Å²) >= 11 is 5.98. The number of fused-ring (bicyclic) bond motifs is 1. The fourth-order valence-electron chi connectivity index (χ4n) is 1.52. The molecule has 88 valence electrons. The van der Waals surface area contributed by atoms with Gasteiger partial charge in [0.15, 0.2) is 17.2 Å². The molecule has 2 N–H and O–H groups in total. The normalized spacial score (nSPS) is 22.7. The molecule has 17 heavy (non-hydrogen) atoms. The maximum absolute atomic E-state index is 9.90. The molecule has 0 saturated carbocycles. The molecule has 0 saturated heterocycles. The molecule has 1 aliphatic heterocycles. The highest BCUT2D eigenvalue weighted by atomic mass is 35.5. The van der Waals surface area contributed by atoms with E-state index in [1.54, 1.807) is 6.07 Å². The highest BCUT2D eigenvalue weighted by molar-refractivity contribution is 6.30. The van der Waals surface area contributed by atoms with Crippen LogP contribution in [-0.2, 0) is 11.2 Å². The Hall–Kier alpha value is -1.93. The maximum atomic E-state index is 9.90. The third-order valence-electron chi connectivity index (χ3n) is 2.29. The maximum Gasteiger partial charge on any atom is 0.310 e. The van der Waals surface area contributed by atoms with E-state index in [-0.39, 0.29) is 11.6 Å². The molecule has 1 unspecified atom stereocenters. The summed E-state index contributed by atoms with van der Waals surface area (Å²) in [5.41, 5.74) is 3.53. The number of aliphatic hydroxyl groups is 1. The zero-order valence-electron chi connectivity index (χ0n) is 8.41. The third kappa shape index (κ3) is 1.77. The number of hydrazone groups is 1. The Morgan fingerprint density at radius 1 is 1.59 bits per heavy atom. The van der Waals surface area contributed by atoms with E-state index in [0.29, 0.717) is 11.2 Å². The van der Waals surface area contributed by atoms with Crippen molar-refractivity contribution in [2.75, 3.05) is 0 Å². The van der Waals surface area contributed by atoms with Gasteiger partial charge < -0.3 is 9.84 Å². The van der Waals surface area contributed by atoms with Crippen LogP contribution in [0.4, 0.5) is 0 Å². The molecule has 3 rings (SSSR count). The third-order valence-corrected chi connectivity index (χ3v) is 2.61. The van der Waals surface area contributed by atoms with Gasteiger partial charge in [-0.3, -0.25) is 0 Å². The van der Waals surface area contributed by atoms with Gasteiger partial charge in [-0.1, -0.05) is 11.6 Å². The summed E-state index contributed by atoms with van der Waals surface area (Å²) in [7, 11) is 0. The van der Waals surface area contributed by atoms with E-state index in [9.17, 15) is 5.11 Å². The fourth-order valence-corrected chi connectivity index (χ4v) is 1.72. The number of hydrogen-bond acceptors (Lipinski definition) is 7. The minimum absolute atomic E-state index is 0.0855. The van der Waals surface area contributed by atoms with Crippen molar-refractivity contribution in [3.05, 3.63) is 23.1 Å². The highest BCUT2D eigenvalue weighted by Gasteiger charge is 2.32. The van der Waals surface area contributed by atoms with Gasteiger partial charge in [-0.15, -0.1) is 15.3 Å². The smallest absolute Gasteiger partial charge is 0.310 e. The molecule has 0 amide bonds. The van der Waals surface area contributed by atoms with Gasteiger partial charge in [0.2, 0.25) is 0 Å². The predicted octanol–water partition coefficient (Wildman–Crippen LogP) is -0.471. The van der Waals surface area contributed by atoms with Crippen molar-refractivity contribution >= 4 is 23.6 Å². The van der Waals surface area contributed by atoms with Crippen molar-refractivity contribution in [3.63, 3.8) is 0 Å². The van der Waals surface area contributed by atoms with Gasteiger partial charge in [-0.05, 0) is 6.07 Å². The molecule has 0 radical (unpaired) electrons. The summed E-state index contributed by atoms with van der Waals surface area (Å²) < 4.78 is 6.36. The van der Waals surface area contributed by atoms with E-state index in [0.717, 1.165) is 6.40 Å². The summed E-state index contributed by atoms with van der Waals surface area (Å²) in [5.74, 6) is -1.59. The van der Waals surface area contributed by atoms with E-state index in [1.807, 2.05) is 0 Å². The summed E-state index contributed by atoms with van der Waals surface area (Å²) in [6.07, 6.45) is 2.65. The van der Waals surface area contributed by atoms with E-state index in [4.69, 9.17) is 16.3 Å². The first-order chi connectivity index (χ1) is 8.16. The molecular formula is C8H7ClN6O2. The molecule has 3 heterocycles. The van der Waals surface area contributed by atoms with Crippen LogP contribution in [0.15, 0.2) is 17.5 Å². The van der Waals surface area contributed by atoms with E-state index in [2.05, 4.69) is 25.8 Å². The number of nitrogens with zero attached hydrogens (tertiary/aromatic N) is 5. The second kappa shape index (κ2) is 3.54. The molecule has 9 heteroatoms. The Balaban J connectivity index is 1.96. The van der Waals surface area contributed by atoms with E-state index >= 15 is 0 Å². The van der Waals surface area contributed by atoms with Crippen LogP contribution >= 0.6 is 11.6 Å². The second-order valence-corrected chi connectivity index (χ2v) is 3.88. The standard InChI is InChI=1S/C8H7ClN6O2/c9-7-5(2-8(16)14-11-4-17-8)1-6-12-10-3-15(6)13-7/h1,3-4,14,16H,2H2. The number of nitrogens with one attached hydrogen (secondary N) is 1. The van der Waals surface area contributed by atoms with Gasteiger partial charge in [0.1, 0.15) is 6.33 Å². The summed E-state index contributed by atoms with van der Waals surface area (Å²) in [4.78, 5) is 0. The summed E-state index contributed by atoms with van der Waals surface area (Å²) in [6.45, 7) is 0. The van der Waals surface area contributed by atoms with Gasteiger partial charge in [0.05, 0.1) is 6.42 Å². The Kier molecular flexibility index (Phi) is 2.13. The van der Waals surface area contributed by atoms with Crippen molar-refractivity contribution in [2.24, 2.45) is 5.10 Å². The monoisotopic (exact) mass is 254 g/mol. The van der Waals surface area contributed by atoms with Gasteiger partial charge in [-0.25, -0.2) is 5.43 Å². The van der Waals surface area contributed by atoms with Gasteiger partial charge in [-0.2, -0.15) is 9.61 Å². The van der Waals surface area contributed by atoms with Gasteiger partial charge in [0, 0.05) is 5.56 Å². The SMILES string of the molecule is OC1(Cc2cc3nncn3nc2Cl)NN=CO1. The van der Waals surface area contributed by atoms with Crippen molar-refractivity contribution in [1.82, 2.24) is 25.2 Å². The molecular weight excluding hydrogens is 248 g/mol. The first-order valence-corrected chi connectivity index (χ1v) is 5.08. The molecule has 0 aromatic carbocycles. The van der Waals surface area contributed by atoms with Gasteiger partial charge >= 0.3 is 5.91 Å². The Labute approximate surface area is 99.9 Å². The van der Waals surface area contributed by atoms with Crippen molar-refractivity contribution in [3.8, 4) is 0 Å². The molecule has 1 atom stereocenters. The molecule has 0 aliphatic carbocycles. The number of halogens is 1. The van der Waals surface area contributed by atoms with Crippen LogP contribution in [0.3, 0.4) is 0 Å². The zero-order chi connectivity index (χ0) is 11.9. The number of ether oxygens (including phenoxy) is 1. The van der Waals surface area contributed by atoms with Crippen LogP contribution in [0.5, 0.6) is 0 Å². The Morgan fingerprint density at radius 3 is 3.24 bits per heavy atom. The summed E-state index contributed by atoms with van der Waals surface area (Å²) in [5, 5.41) is 25.3. The number of rotatable bonds is 2. The van der Waals surface area contributed by atoms with Crippen molar-refractivity contribution in [1.29, 1.82) is 0 Å². The van der Waals surface area contributed by atoms with Crippen LogP contribution in [0, 0.1) is 0 Å². The van der Waals surface area contributed by atoms with Crippen LogP contribution in [0.1, 0.15) is 5.56 Å². The largest absolute Gasteiger partial charge is 0.431 e. The molecule has 1 aliphatic rings. The van der Waals surface area contributed by atoms with E-state index in [1.165, 1.54) is 10.8 Å². The van der Waals surface area contributed by atoms with Crippen LogP contribution in [0.25, 0.3) is 5.65 Å². The minimum Gasteiger partial charge on any atom is -0.431 e. The molecule has 0 fully saturated rings. The average molecular weight is 255 g/mol. The molecule has 2 aromatic heterocycles. The van der Waals surface area contributed by atoms with Crippen LogP contribution in [0.2, 0.25) is 5.15 Å². The van der Waals surface area contributed by atoms with Crippen LogP contribution in [-0.4, -0.2) is 37.2 Å². The quantitative estimate of drug-likeness (QED) is 0.752. The number of aromatic nitrogens is 4.